The maximum atomic E-state index is 12.6. The summed E-state index contributed by atoms with van der Waals surface area (Å²) in [5, 5.41) is 0. The van der Waals surface area contributed by atoms with Crippen molar-refractivity contribution >= 4 is 11.8 Å². The Kier molecular flexibility index (Phi) is 4.14. The molecule has 2 aromatic rings. The van der Waals surface area contributed by atoms with E-state index >= 15 is 0 Å². The molecule has 2 heterocycles. The van der Waals surface area contributed by atoms with Gasteiger partial charge in [-0.1, -0.05) is 30.3 Å². The summed E-state index contributed by atoms with van der Waals surface area (Å²) in [6.07, 6.45) is 1.62. The van der Waals surface area contributed by atoms with Crippen LogP contribution in [0.25, 0.3) is 0 Å². The van der Waals surface area contributed by atoms with Crippen LogP contribution in [0.15, 0.2) is 36.7 Å². The van der Waals surface area contributed by atoms with Crippen LogP contribution in [0.3, 0.4) is 0 Å². The second-order valence-electron chi connectivity index (χ2n) is 5.82. The number of piperazine rings is 1. The molecular formula is C17H20N4O2. The van der Waals surface area contributed by atoms with Crippen molar-refractivity contribution in [2.24, 2.45) is 7.05 Å². The summed E-state index contributed by atoms with van der Waals surface area (Å²) in [6.45, 7) is 3.61. The first-order chi connectivity index (χ1) is 11.1. The summed E-state index contributed by atoms with van der Waals surface area (Å²) < 4.78 is 1.71. The molecule has 1 aliphatic heterocycles. The maximum absolute atomic E-state index is 12.6. The Bertz CT molecular complexity index is 704. The van der Waals surface area contributed by atoms with E-state index in [-0.39, 0.29) is 18.4 Å². The Morgan fingerprint density at radius 3 is 2.57 bits per heavy atom. The number of amides is 2. The highest BCUT2D eigenvalue weighted by Gasteiger charge is 2.29. The van der Waals surface area contributed by atoms with Gasteiger partial charge in [-0.2, -0.15) is 0 Å². The molecule has 2 amide bonds. The number of hydrogen-bond donors (Lipinski definition) is 0. The maximum Gasteiger partial charge on any atom is 0.272 e. The zero-order chi connectivity index (χ0) is 16.4. The van der Waals surface area contributed by atoms with Gasteiger partial charge in [-0.05, 0) is 12.5 Å². The van der Waals surface area contributed by atoms with E-state index in [1.165, 1.54) is 0 Å². The fourth-order valence-corrected chi connectivity index (χ4v) is 2.86. The number of aryl methyl sites for hydroxylation is 2. The number of benzene rings is 1. The van der Waals surface area contributed by atoms with E-state index in [2.05, 4.69) is 4.98 Å². The molecular weight excluding hydrogens is 292 g/mol. The monoisotopic (exact) mass is 312 g/mol. The summed E-state index contributed by atoms with van der Waals surface area (Å²) >= 11 is 0. The molecule has 0 saturated carbocycles. The Morgan fingerprint density at radius 1 is 1.22 bits per heavy atom. The van der Waals surface area contributed by atoms with Crippen molar-refractivity contribution in [3.05, 3.63) is 53.6 Å². The van der Waals surface area contributed by atoms with Gasteiger partial charge in [-0.15, -0.1) is 0 Å². The van der Waals surface area contributed by atoms with Gasteiger partial charge >= 0.3 is 0 Å². The highest BCUT2D eigenvalue weighted by atomic mass is 16.2. The highest BCUT2D eigenvalue weighted by Crippen LogP contribution is 2.14. The van der Waals surface area contributed by atoms with E-state index < -0.39 is 0 Å². The van der Waals surface area contributed by atoms with Crippen LogP contribution >= 0.6 is 0 Å². The molecule has 0 spiro atoms. The smallest absolute Gasteiger partial charge is 0.272 e. The third-order valence-electron chi connectivity index (χ3n) is 4.14. The van der Waals surface area contributed by atoms with Crippen molar-refractivity contribution < 1.29 is 9.59 Å². The third-order valence-corrected chi connectivity index (χ3v) is 4.14. The quantitative estimate of drug-likeness (QED) is 0.856. The average molecular weight is 312 g/mol. The predicted octanol–water partition coefficient (Wildman–Crippen LogP) is 1.21. The van der Waals surface area contributed by atoms with Gasteiger partial charge < -0.3 is 14.4 Å². The van der Waals surface area contributed by atoms with Crippen LogP contribution in [-0.4, -0.2) is 50.8 Å². The minimum absolute atomic E-state index is 0.0201. The summed E-state index contributed by atoms with van der Waals surface area (Å²) in [6, 6.07) is 9.89. The molecule has 3 rings (SSSR count). The topological polar surface area (TPSA) is 58.4 Å². The number of nitrogens with zero attached hydrogens (tertiary/aromatic N) is 4. The number of imidazole rings is 1. The fourth-order valence-electron chi connectivity index (χ4n) is 2.86. The van der Waals surface area contributed by atoms with Gasteiger partial charge in [0.1, 0.15) is 12.2 Å². The number of rotatable bonds is 3. The van der Waals surface area contributed by atoms with Crippen LogP contribution in [-0.2, 0) is 18.4 Å². The van der Waals surface area contributed by atoms with Crippen LogP contribution in [0.5, 0.6) is 0 Å². The van der Waals surface area contributed by atoms with Gasteiger partial charge in [0.15, 0.2) is 0 Å². The van der Waals surface area contributed by atoms with Gasteiger partial charge in [0.25, 0.3) is 5.91 Å². The Morgan fingerprint density at radius 2 is 1.96 bits per heavy atom. The molecule has 0 unspecified atom stereocenters. The number of aromatic nitrogens is 2. The van der Waals surface area contributed by atoms with Crippen molar-refractivity contribution in [3.63, 3.8) is 0 Å². The molecule has 1 fully saturated rings. The lowest BCUT2D eigenvalue weighted by atomic mass is 10.2. The van der Waals surface area contributed by atoms with Gasteiger partial charge in [-0.25, -0.2) is 4.98 Å². The minimum Gasteiger partial charge on any atom is -0.335 e. The lowest BCUT2D eigenvalue weighted by Gasteiger charge is -2.34. The molecule has 6 nitrogen and oxygen atoms in total. The Hall–Kier alpha value is -2.63. The van der Waals surface area contributed by atoms with Crippen LogP contribution in [0, 0.1) is 6.92 Å². The van der Waals surface area contributed by atoms with E-state index in [1.54, 1.807) is 34.7 Å². The van der Waals surface area contributed by atoms with Crippen molar-refractivity contribution in [2.75, 3.05) is 19.6 Å². The zero-order valence-corrected chi connectivity index (χ0v) is 13.4. The lowest BCUT2D eigenvalue weighted by Crippen LogP contribution is -2.52. The van der Waals surface area contributed by atoms with E-state index in [0.717, 1.165) is 5.56 Å². The van der Waals surface area contributed by atoms with E-state index in [4.69, 9.17) is 0 Å². The molecule has 0 radical (unpaired) electrons. The predicted molar refractivity (Wildman–Crippen MR) is 85.7 cm³/mol. The molecule has 1 saturated heterocycles. The first-order valence-corrected chi connectivity index (χ1v) is 7.65. The van der Waals surface area contributed by atoms with Crippen LogP contribution in [0.2, 0.25) is 0 Å². The SMILES string of the molecule is Cc1ncn(C)c1C(=O)N1CCN(Cc2ccccc2)C(=O)C1. The van der Waals surface area contributed by atoms with E-state index in [1.807, 2.05) is 30.3 Å². The molecule has 1 aromatic carbocycles. The second-order valence-corrected chi connectivity index (χ2v) is 5.82. The molecule has 1 aromatic heterocycles. The number of hydrogen-bond acceptors (Lipinski definition) is 3. The molecule has 120 valence electrons. The summed E-state index contributed by atoms with van der Waals surface area (Å²) in [4.78, 5) is 32.5. The van der Waals surface area contributed by atoms with E-state index in [9.17, 15) is 9.59 Å². The van der Waals surface area contributed by atoms with Crippen molar-refractivity contribution in [1.29, 1.82) is 0 Å². The minimum atomic E-state index is -0.129. The Labute approximate surface area is 135 Å². The first kappa shape index (κ1) is 15.3. The van der Waals surface area contributed by atoms with Gasteiger partial charge in [0.05, 0.1) is 12.0 Å². The normalized spacial score (nSPS) is 15.1. The number of carbonyl (C=O) groups is 2. The molecule has 6 heteroatoms. The van der Waals surface area contributed by atoms with Crippen molar-refractivity contribution in [1.82, 2.24) is 19.4 Å². The molecule has 1 aliphatic rings. The fraction of sp³-hybridized carbons (Fsp3) is 0.353. The molecule has 0 N–H and O–H groups in total. The second kappa shape index (κ2) is 6.24. The number of carbonyl (C=O) groups excluding carboxylic acids is 2. The molecule has 0 aliphatic carbocycles. The molecule has 0 bridgehead atoms. The summed E-state index contributed by atoms with van der Waals surface area (Å²) in [7, 11) is 1.79. The van der Waals surface area contributed by atoms with Gasteiger partial charge in [-0.3, -0.25) is 9.59 Å². The summed E-state index contributed by atoms with van der Waals surface area (Å²) in [5.74, 6) is -0.150. The Balaban J connectivity index is 1.67. The summed E-state index contributed by atoms with van der Waals surface area (Å²) in [5.41, 5.74) is 2.34. The average Bonchev–Trinajstić information content (AvgIpc) is 2.88. The first-order valence-electron chi connectivity index (χ1n) is 7.65. The van der Waals surface area contributed by atoms with Gasteiger partial charge in [0, 0.05) is 26.7 Å². The molecule has 0 atom stereocenters. The van der Waals surface area contributed by atoms with Crippen LogP contribution in [0.1, 0.15) is 21.7 Å². The van der Waals surface area contributed by atoms with Crippen molar-refractivity contribution in [2.45, 2.75) is 13.5 Å². The standard InChI is InChI=1S/C17H20N4O2/c1-13-16(19(2)12-18-13)17(23)21-9-8-20(15(22)11-21)10-14-6-4-3-5-7-14/h3-7,12H,8-11H2,1-2H3. The zero-order valence-electron chi connectivity index (χ0n) is 13.4. The van der Waals surface area contributed by atoms with Crippen LogP contribution in [0.4, 0.5) is 0 Å². The molecule has 23 heavy (non-hydrogen) atoms. The van der Waals surface area contributed by atoms with Gasteiger partial charge in [0.2, 0.25) is 5.91 Å². The van der Waals surface area contributed by atoms with E-state index in [0.29, 0.717) is 31.0 Å². The lowest BCUT2D eigenvalue weighted by molar-refractivity contribution is -0.135. The van der Waals surface area contributed by atoms with Crippen LogP contribution < -0.4 is 0 Å². The third kappa shape index (κ3) is 3.11. The largest absolute Gasteiger partial charge is 0.335 e. The highest BCUT2D eigenvalue weighted by molar-refractivity contribution is 5.96. The van der Waals surface area contributed by atoms with Crippen molar-refractivity contribution in [3.8, 4) is 0 Å².